The zero-order valence-corrected chi connectivity index (χ0v) is 14.6. The Kier molecular flexibility index (Phi) is 6.37. The van der Waals surface area contributed by atoms with Gasteiger partial charge in [0, 0.05) is 17.0 Å². The van der Waals surface area contributed by atoms with E-state index in [2.05, 4.69) is 41.2 Å². The van der Waals surface area contributed by atoms with Crippen LogP contribution in [0.25, 0.3) is 0 Å². The van der Waals surface area contributed by atoms with E-state index < -0.39 is 0 Å². The molecule has 0 radical (unpaired) electrons. The van der Waals surface area contributed by atoms with Gasteiger partial charge >= 0.3 is 0 Å². The predicted molar refractivity (Wildman–Crippen MR) is 89.1 cm³/mol. The normalized spacial score (nSPS) is 20.3. The Morgan fingerprint density at radius 2 is 2.21 bits per heavy atom. The van der Waals surface area contributed by atoms with Crippen LogP contribution in [0.3, 0.4) is 0 Å². The van der Waals surface area contributed by atoms with Crippen molar-refractivity contribution < 1.29 is 0 Å². The van der Waals surface area contributed by atoms with Crippen LogP contribution in [0, 0.1) is 0 Å². The number of thiophene rings is 1. The molecule has 2 rings (SSSR count). The van der Waals surface area contributed by atoms with Gasteiger partial charge in [0.1, 0.15) is 0 Å². The largest absolute Gasteiger partial charge is 0.307 e. The summed E-state index contributed by atoms with van der Waals surface area (Å²) in [6.45, 7) is 4.59. The molecule has 19 heavy (non-hydrogen) atoms. The van der Waals surface area contributed by atoms with Crippen molar-refractivity contribution in [3.8, 4) is 0 Å². The molecule has 2 atom stereocenters. The van der Waals surface area contributed by atoms with Crippen LogP contribution in [0.5, 0.6) is 0 Å². The van der Waals surface area contributed by atoms with Gasteiger partial charge in [0.05, 0.1) is 3.79 Å². The maximum atomic E-state index is 3.95. The number of hydrogen-bond acceptors (Lipinski definition) is 2. The summed E-state index contributed by atoms with van der Waals surface area (Å²) in [6, 6.07) is 3.65. The van der Waals surface area contributed by atoms with Gasteiger partial charge < -0.3 is 5.32 Å². The monoisotopic (exact) mass is 343 g/mol. The fourth-order valence-electron chi connectivity index (χ4n) is 3.09. The first-order valence-corrected chi connectivity index (χ1v) is 9.39. The molecule has 0 aliphatic heterocycles. The lowest BCUT2D eigenvalue weighted by Crippen LogP contribution is -2.34. The molecule has 1 nitrogen and oxygen atoms in total. The highest BCUT2D eigenvalue weighted by Gasteiger charge is 2.24. The first-order valence-electron chi connectivity index (χ1n) is 7.78. The Bertz CT molecular complexity index is 388. The lowest BCUT2D eigenvalue weighted by molar-refractivity contribution is 0.358. The first kappa shape index (κ1) is 15.5. The van der Waals surface area contributed by atoms with Crippen LogP contribution in [0.15, 0.2) is 9.85 Å². The van der Waals surface area contributed by atoms with Crippen LogP contribution in [0.2, 0.25) is 0 Å². The molecule has 2 unspecified atom stereocenters. The number of unbranched alkanes of at least 4 members (excludes halogenated alkanes) is 1. The molecule has 0 fully saturated rings. The van der Waals surface area contributed by atoms with E-state index in [4.69, 9.17) is 0 Å². The summed E-state index contributed by atoms with van der Waals surface area (Å²) in [6.07, 6.45) is 10.5. The first-order chi connectivity index (χ1) is 9.24. The third-order valence-electron chi connectivity index (χ3n) is 4.06. The molecule has 0 amide bonds. The summed E-state index contributed by atoms with van der Waals surface area (Å²) in [5.41, 5.74) is 1.57. The average molecular weight is 344 g/mol. The Labute approximate surface area is 130 Å². The van der Waals surface area contributed by atoms with Gasteiger partial charge in [-0.15, -0.1) is 11.3 Å². The number of halogens is 1. The lowest BCUT2D eigenvalue weighted by atomic mass is 9.92. The van der Waals surface area contributed by atoms with Crippen molar-refractivity contribution in [2.24, 2.45) is 0 Å². The summed E-state index contributed by atoms with van der Waals surface area (Å²) in [7, 11) is 0. The highest BCUT2D eigenvalue weighted by Crippen LogP contribution is 2.38. The van der Waals surface area contributed by atoms with Crippen LogP contribution in [-0.2, 0) is 6.42 Å². The van der Waals surface area contributed by atoms with E-state index in [1.807, 2.05) is 11.3 Å². The third-order valence-corrected chi connectivity index (χ3v) is 5.78. The Hall–Kier alpha value is 0.140. The Balaban J connectivity index is 2.00. The molecule has 1 heterocycles. The average Bonchev–Trinajstić information content (AvgIpc) is 2.77. The van der Waals surface area contributed by atoms with E-state index >= 15 is 0 Å². The van der Waals surface area contributed by atoms with Crippen LogP contribution in [0.4, 0.5) is 0 Å². The number of rotatable bonds is 7. The Morgan fingerprint density at radius 1 is 1.37 bits per heavy atom. The van der Waals surface area contributed by atoms with Gasteiger partial charge in [-0.3, -0.25) is 0 Å². The van der Waals surface area contributed by atoms with Gasteiger partial charge in [-0.25, -0.2) is 0 Å². The second-order valence-electron chi connectivity index (χ2n) is 5.67. The number of nitrogens with one attached hydrogen (secondary N) is 1. The van der Waals surface area contributed by atoms with E-state index in [0.717, 1.165) is 0 Å². The maximum absolute atomic E-state index is 3.95. The number of aryl methyl sites for hydroxylation is 1. The fraction of sp³-hybridized carbons (Fsp3) is 0.750. The zero-order valence-electron chi connectivity index (χ0n) is 12.2. The predicted octanol–water partition coefficient (Wildman–Crippen LogP) is 5.84. The molecule has 1 aromatic heterocycles. The third kappa shape index (κ3) is 4.30. The second kappa shape index (κ2) is 7.80. The van der Waals surface area contributed by atoms with Gasteiger partial charge in [-0.2, -0.15) is 0 Å². The minimum absolute atomic E-state index is 0.597. The molecule has 0 saturated carbocycles. The molecular weight excluding hydrogens is 318 g/mol. The van der Waals surface area contributed by atoms with Crippen molar-refractivity contribution in [2.45, 2.75) is 77.3 Å². The molecule has 108 valence electrons. The van der Waals surface area contributed by atoms with Crippen molar-refractivity contribution in [1.29, 1.82) is 0 Å². The van der Waals surface area contributed by atoms with Crippen molar-refractivity contribution in [3.05, 3.63) is 20.3 Å². The maximum Gasteiger partial charge on any atom is 0.0704 e. The smallest absolute Gasteiger partial charge is 0.0704 e. The molecule has 1 aliphatic rings. The molecule has 0 spiro atoms. The van der Waals surface area contributed by atoms with Gasteiger partial charge in [-0.1, -0.05) is 33.1 Å². The van der Waals surface area contributed by atoms with Gasteiger partial charge in [-0.05, 0) is 59.7 Å². The quantitative estimate of drug-likeness (QED) is 0.655. The standard InChI is InChI=1S/C16H26BrNS/c1-3-5-8-12(7-4-2)18-14-9-6-10-15-13(14)11-16(17)19-15/h11-12,14,18H,3-10H2,1-2H3. The SMILES string of the molecule is CCCCC(CCC)NC1CCCc2sc(Br)cc21. The van der Waals surface area contributed by atoms with Crippen LogP contribution >= 0.6 is 27.3 Å². The van der Waals surface area contributed by atoms with Crippen LogP contribution < -0.4 is 5.32 Å². The number of fused-ring (bicyclic) bond motifs is 1. The van der Waals surface area contributed by atoms with Crippen molar-refractivity contribution >= 4 is 27.3 Å². The lowest BCUT2D eigenvalue weighted by Gasteiger charge is -2.29. The summed E-state index contributed by atoms with van der Waals surface area (Å²) >= 11 is 5.58. The molecule has 0 aromatic carbocycles. The summed E-state index contributed by atoms with van der Waals surface area (Å²) < 4.78 is 1.30. The Morgan fingerprint density at radius 3 is 2.95 bits per heavy atom. The molecule has 1 aromatic rings. The molecule has 0 bridgehead atoms. The van der Waals surface area contributed by atoms with Gasteiger partial charge in [0.15, 0.2) is 0 Å². The minimum atomic E-state index is 0.597. The summed E-state index contributed by atoms with van der Waals surface area (Å²) in [4.78, 5) is 1.60. The van der Waals surface area contributed by atoms with Gasteiger partial charge in [0.2, 0.25) is 0 Å². The molecule has 1 aliphatic carbocycles. The van der Waals surface area contributed by atoms with Crippen molar-refractivity contribution in [2.75, 3.05) is 0 Å². The van der Waals surface area contributed by atoms with Crippen LogP contribution in [0.1, 0.15) is 75.3 Å². The number of hydrogen-bond donors (Lipinski definition) is 1. The van der Waals surface area contributed by atoms with Crippen molar-refractivity contribution in [3.63, 3.8) is 0 Å². The van der Waals surface area contributed by atoms with E-state index in [-0.39, 0.29) is 0 Å². The van der Waals surface area contributed by atoms with Gasteiger partial charge in [0.25, 0.3) is 0 Å². The zero-order chi connectivity index (χ0) is 13.7. The van der Waals surface area contributed by atoms with Crippen molar-refractivity contribution in [1.82, 2.24) is 5.32 Å². The molecule has 3 heteroatoms. The molecule has 0 saturated heterocycles. The highest BCUT2D eigenvalue weighted by molar-refractivity contribution is 9.11. The molecular formula is C16H26BrNS. The van der Waals surface area contributed by atoms with E-state index in [1.54, 1.807) is 10.4 Å². The summed E-state index contributed by atoms with van der Waals surface area (Å²) in [5.74, 6) is 0. The van der Waals surface area contributed by atoms with Crippen LogP contribution in [-0.4, -0.2) is 6.04 Å². The van der Waals surface area contributed by atoms with E-state index in [0.29, 0.717) is 12.1 Å². The van der Waals surface area contributed by atoms with E-state index in [1.165, 1.54) is 55.2 Å². The van der Waals surface area contributed by atoms with E-state index in [9.17, 15) is 0 Å². The molecule has 1 N–H and O–H groups in total. The highest BCUT2D eigenvalue weighted by atomic mass is 79.9. The fourth-order valence-corrected chi connectivity index (χ4v) is 4.91. The second-order valence-corrected chi connectivity index (χ2v) is 8.18. The topological polar surface area (TPSA) is 12.0 Å². The minimum Gasteiger partial charge on any atom is -0.307 e. The summed E-state index contributed by atoms with van der Waals surface area (Å²) in [5, 5.41) is 3.95.